The Morgan fingerprint density at radius 2 is 2.00 bits per heavy atom. The first-order valence-corrected chi connectivity index (χ1v) is 18.0. The van der Waals surface area contributed by atoms with Crippen LogP contribution in [0.4, 0.5) is 4.79 Å². The van der Waals surface area contributed by atoms with Gasteiger partial charge in [-0.3, -0.25) is 0 Å². The molecule has 2 heterocycles. The molecule has 0 spiro atoms. The van der Waals surface area contributed by atoms with Crippen molar-refractivity contribution in [2.24, 2.45) is 0 Å². The van der Waals surface area contributed by atoms with E-state index in [9.17, 15) is 4.79 Å². The Labute approximate surface area is 138 Å². The van der Waals surface area contributed by atoms with Gasteiger partial charge in [0, 0.05) is 0 Å². The molecule has 1 aromatic rings. The normalized spacial score (nSPS) is 18.9. The summed E-state index contributed by atoms with van der Waals surface area (Å²) in [5.74, 6) is 0. The summed E-state index contributed by atoms with van der Waals surface area (Å²) in [7, 11) is 0. The molecule has 2 rings (SSSR count). The van der Waals surface area contributed by atoms with E-state index in [0.717, 1.165) is 6.42 Å². The molecule has 0 aromatic carbocycles. The van der Waals surface area contributed by atoms with Crippen LogP contribution in [0.2, 0.25) is 14.8 Å². The average Bonchev–Trinajstić information content (AvgIpc) is 2.35. The van der Waals surface area contributed by atoms with E-state index in [1.807, 2.05) is 31.9 Å². The van der Waals surface area contributed by atoms with Crippen molar-refractivity contribution in [2.45, 2.75) is 60.6 Å². The molecular formula is C17H28N2O2Sn. The molecule has 22 heavy (non-hydrogen) atoms. The second kappa shape index (κ2) is 6.02. The van der Waals surface area contributed by atoms with Gasteiger partial charge in [-0.2, -0.15) is 0 Å². The van der Waals surface area contributed by atoms with Gasteiger partial charge >= 0.3 is 138 Å². The summed E-state index contributed by atoms with van der Waals surface area (Å²) in [6, 6.07) is 2.12. The van der Waals surface area contributed by atoms with Gasteiger partial charge < -0.3 is 0 Å². The Hall–Kier alpha value is -0.781. The van der Waals surface area contributed by atoms with Gasteiger partial charge in [-0.1, -0.05) is 0 Å². The molecule has 4 nitrogen and oxygen atoms in total. The number of ether oxygens (including phenoxy) is 1. The van der Waals surface area contributed by atoms with Gasteiger partial charge in [0.2, 0.25) is 0 Å². The van der Waals surface area contributed by atoms with E-state index in [2.05, 4.69) is 32.8 Å². The van der Waals surface area contributed by atoms with Crippen molar-refractivity contribution in [1.82, 2.24) is 9.88 Å². The SMILES string of the molecule is CC1c2ccn[c]([Sn]([CH3])([CH3])[CH3])c2CCN1C(=O)OC(C)(C)C. The first kappa shape index (κ1) is 17.6. The zero-order valence-electron chi connectivity index (χ0n) is 14.9. The molecule has 1 unspecified atom stereocenters. The first-order valence-electron chi connectivity index (χ1n) is 7.98. The molecule has 0 radical (unpaired) electrons. The second-order valence-corrected chi connectivity index (χ2v) is 22.3. The Morgan fingerprint density at radius 3 is 2.55 bits per heavy atom. The number of hydrogen-bond acceptors (Lipinski definition) is 3. The molecule has 5 heteroatoms. The van der Waals surface area contributed by atoms with Gasteiger partial charge in [0.15, 0.2) is 0 Å². The molecule has 1 aromatic heterocycles. The maximum absolute atomic E-state index is 12.4. The van der Waals surface area contributed by atoms with E-state index in [0.29, 0.717) is 6.54 Å². The standard InChI is InChI=1S/C14H19N2O2.3CH3.Sn/c1-10-12-5-7-15-9-11(12)6-8-16(10)13(17)18-14(2,3)4;;;;/h5,7,10H,6,8H2,1-4H3;3*1H3;. The van der Waals surface area contributed by atoms with Crippen LogP contribution in [0, 0.1) is 0 Å². The number of nitrogens with zero attached hydrogens (tertiary/aromatic N) is 2. The molecule has 0 aliphatic carbocycles. The molecule has 1 aliphatic heterocycles. The number of fused-ring (bicyclic) bond motifs is 1. The molecule has 0 fully saturated rings. The molecule has 0 bridgehead atoms. The van der Waals surface area contributed by atoms with Gasteiger partial charge in [0.05, 0.1) is 0 Å². The maximum atomic E-state index is 12.4. The van der Waals surface area contributed by atoms with Crippen LogP contribution < -0.4 is 3.71 Å². The Bertz CT molecular complexity index is 573. The van der Waals surface area contributed by atoms with Gasteiger partial charge in [0.1, 0.15) is 0 Å². The monoisotopic (exact) mass is 412 g/mol. The average molecular weight is 411 g/mol. The Kier molecular flexibility index (Phi) is 4.81. The number of rotatable bonds is 1. The third kappa shape index (κ3) is 3.75. The number of hydrogen-bond donors (Lipinski definition) is 0. The van der Waals surface area contributed by atoms with Gasteiger partial charge in [-0.25, -0.2) is 0 Å². The van der Waals surface area contributed by atoms with Crippen LogP contribution in [0.15, 0.2) is 12.3 Å². The molecular weight excluding hydrogens is 383 g/mol. The molecule has 0 saturated heterocycles. The number of carbonyl (C=O) groups is 1. The zero-order valence-corrected chi connectivity index (χ0v) is 17.7. The number of amides is 1. The Morgan fingerprint density at radius 1 is 1.36 bits per heavy atom. The molecule has 1 aliphatic rings. The fraction of sp³-hybridized carbons (Fsp3) is 0.647. The summed E-state index contributed by atoms with van der Waals surface area (Å²) in [5, 5.41) is 0. The quantitative estimate of drug-likeness (QED) is 0.665. The summed E-state index contributed by atoms with van der Waals surface area (Å²) in [4.78, 5) is 26.1. The minimum atomic E-state index is -2.24. The van der Waals surface area contributed by atoms with Crippen LogP contribution in [0.1, 0.15) is 44.9 Å². The first-order chi connectivity index (χ1) is 10.0. The van der Waals surface area contributed by atoms with Crippen LogP contribution in [-0.4, -0.2) is 46.5 Å². The predicted molar refractivity (Wildman–Crippen MR) is 92.3 cm³/mol. The van der Waals surface area contributed by atoms with E-state index in [1.54, 1.807) is 0 Å². The van der Waals surface area contributed by atoms with Crippen molar-refractivity contribution in [3.63, 3.8) is 0 Å². The summed E-state index contributed by atoms with van der Waals surface area (Å²) in [6.07, 6.45) is 2.57. The van der Waals surface area contributed by atoms with Crippen LogP contribution in [0.25, 0.3) is 0 Å². The van der Waals surface area contributed by atoms with Crippen molar-refractivity contribution in [3.8, 4) is 0 Å². The number of pyridine rings is 1. The minimum absolute atomic E-state index is 0.0500. The van der Waals surface area contributed by atoms with Crippen molar-refractivity contribution in [3.05, 3.63) is 23.4 Å². The van der Waals surface area contributed by atoms with Crippen molar-refractivity contribution in [1.29, 1.82) is 0 Å². The van der Waals surface area contributed by atoms with E-state index in [1.165, 1.54) is 14.8 Å². The summed E-state index contributed by atoms with van der Waals surface area (Å²) in [6.45, 7) is 8.52. The number of aromatic nitrogens is 1. The van der Waals surface area contributed by atoms with E-state index in [-0.39, 0.29) is 12.1 Å². The molecule has 122 valence electrons. The van der Waals surface area contributed by atoms with Crippen LogP contribution >= 0.6 is 0 Å². The van der Waals surface area contributed by atoms with E-state index >= 15 is 0 Å². The topological polar surface area (TPSA) is 42.4 Å². The third-order valence-electron chi connectivity index (χ3n) is 3.95. The second-order valence-electron chi connectivity index (χ2n) is 8.08. The van der Waals surface area contributed by atoms with Crippen molar-refractivity contribution >= 4 is 28.2 Å². The van der Waals surface area contributed by atoms with Gasteiger partial charge in [-0.05, 0) is 0 Å². The van der Waals surface area contributed by atoms with E-state index in [4.69, 9.17) is 4.74 Å². The Balaban J connectivity index is 2.32. The van der Waals surface area contributed by atoms with E-state index < -0.39 is 24.0 Å². The molecule has 1 atom stereocenters. The van der Waals surface area contributed by atoms with Crippen LogP contribution in [0.5, 0.6) is 0 Å². The molecule has 1 amide bonds. The van der Waals surface area contributed by atoms with Crippen LogP contribution in [-0.2, 0) is 11.2 Å². The predicted octanol–water partition coefficient (Wildman–Crippen LogP) is 3.48. The summed E-state index contributed by atoms with van der Waals surface area (Å²) < 4.78 is 6.89. The third-order valence-corrected chi connectivity index (χ3v) is 9.24. The van der Waals surface area contributed by atoms with Gasteiger partial charge in [-0.15, -0.1) is 0 Å². The summed E-state index contributed by atoms with van der Waals surface area (Å²) in [5.41, 5.74) is 2.18. The zero-order chi connectivity index (χ0) is 16.7. The molecule has 0 saturated carbocycles. The fourth-order valence-corrected chi connectivity index (χ4v) is 7.64. The van der Waals surface area contributed by atoms with Gasteiger partial charge in [0.25, 0.3) is 0 Å². The molecule has 0 N–H and O–H groups in total. The number of carbonyl (C=O) groups excluding carboxylic acids is 1. The van der Waals surface area contributed by atoms with Crippen molar-refractivity contribution in [2.75, 3.05) is 6.54 Å². The van der Waals surface area contributed by atoms with Crippen molar-refractivity contribution < 1.29 is 9.53 Å². The van der Waals surface area contributed by atoms with Crippen LogP contribution in [0.3, 0.4) is 0 Å². The summed E-state index contributed by atoms with van der Waals surface area (Å²) >= 11 is -2.24. The fourth-order valence-electron chi connectivity index (χ4n) is 2.97.